The van der Waals surface area contributed by atoms with E-state index in [1.54, 1.807) is 6.33 Å². The first-order valence-corrected chi connectivity index (χ1v) is 11.3. The van der Waals surface area contributed by atoms with Gasteiger partial charge in [-0.25, -0.2) is 9.97 Å². The molecule has 1 fully saturated rings. The lowest BCUT2D eigenvalue weighted by atomic mass is 9.96. The van der Waals surface area contributed by atoms with Gasteiger partial charge in [-0.05, 0) is 55.2 Å². The molecule has 0 bridgehead atoms. The number of piperidine rings is 1. The van der Waals surface area contributed by atoms with Gasteiger partial charge in [-0.15, -0.1) is 0 Å². The van der Waals surface area contributed by atoms with Crippen LogP contribution in [0.1, 0.15) is 12.8 Å². The number of hydrogen-bond donors (Lipinski definition) is 0. The molecule has 0 atom stereocenters. The smallest absolute Gasteiger partial charge is 0.245 e. The molecule has 4 aromatic rings. The van der Waals surface area contributed by atoms with Gasteiger partial charge in [0.25, 0.3) is 0 Å². The van der Waals surface area contributed by atoms with E-state index in [1.807, 2.05) is 59.5 Å². The van der Waals surface area contributed by atoms with Gasteiger partial charge in [0.1, 0.15) is 17.8 Å². The van der Waals surface area contributed by atoms with Crippen molar-refractivity contribution in [2.45, 2.75) is 19.4 Å². The summed E-state index contributed by atoms with van der Waals surface area (Å²) < 4.78 is 8.29. The molecule has 0 aliphatic carbocycles. The van der Waals surface area contributed by atoms with Crippen LogP contribution in [-0.2, 0) is 11.3 Å². The Kier molecular flexibility index (Phi) is 5.89. The zero-order valence-electron chi connectivity index (χ0n) is 18.4. The third kappa shape index (κ3) is 4.51. The van der Waals surface area contributed by atoms with E-state index in [9.17, 15) is 4.79 Å². The van der Waals surface area contributed by atoms with Crippen LogP contribution in [0.2, 0.25) is 0 Å². The molecule has 3 heterocycles. The molecule has 0 N–H and O–H groups in total. The Morgan fingerprint density at radius 2 is 1.82 bits per heavy atom. The molecule has 1 aliphatic heterocycles. The van der Waals surface area contributed by atoms with E-state index >= 15 is 0 Å². The number of rotatable bonds is 6. The summed E-state index contributed by atoms with van der Waals surface area (Å²) in [5.74, 6) is 2.08. The lowest BCUT2D eigenvalue weighted by Gasteiger charge is -2.31. The molecule has 33 heavy (non-hydrogen) atoms. The second-order valence-electron chi connectivity index (χ2n) is 8.34. The molecule has 1 saturated heterocycles. The Hall–Kier alpha value is -3.93. The van der Waals surface area contributed by atoms with Gasteiger partial charge in [-0.1, -0.05) is 36.9 Å². The minimum Gasteiger partial charge on any atom is -0.457 e. The number of ether oxygens (including phenoxy) is 1. The summed E-state index contributed by atoms with van der Waals surface area (Å²) in [7, 11) is 0. The molecule has 166 valence electrons. The quantitative estimate of drug-likeness (QED) is 0.383. The zero-order valence-corrected chi connectivity index (χ0v) is 18.4. The van der Waals surface area contributed by atoms with Crippen LogP contribution >= 0.6 is 0 Å². The van der Waals surface area contributed by atoms with Crippen LogP contribution in [0.25, 0.3) is 22.3 Å². The lowest BCUT2D eigenvalue weighted by molar-refractivity contribution is -0.127. The van der Waals surface area contributed by atoms with Crippen molar-refractivity contribution in [3.05, 3.63) is 85.8 Å². The molecule has 1 amide bonds. The zero-order chi connectivity index (χ0) is 22.6. The molecular weight excluding hydrogens is 412 g/mol. The average Bonchev–Trinajstić information content (AvgIpc) is 3.28. The Morgan fingerprint density at radius 1 is 1.03 bits per heavy atom. The standard InChI is InChI=1S/C27H26N4O2/c1-2-25(32)30-14-11-20(12-15-30)18-31-16-13-24-27(31)26(29-19-28-24)21-7-6-10-23(17-21)33-22-8-4-3-5-9-22/h2-10,13,16-17,19-20H,1,11-12,14-15,18H2. The first kappa shape index (κ1) is 20.9. The maximum Gasteiger partial charge on any atom is 0.245 e. The highest BCUT2D eigenvalue weighted by molar-refractivity contribution is 5.90. The van der Waals surface area contributed by atoms with E-state index in [4.69, 9.17) is 4.74 Å². The average molecular weight is 439 g/mol. The number of aromatic nitrogens is 3. The van der Waals surface area contributed by atoms with E-state index in [-0.39, 0.29) is 5.91 Å². The SMILES string of the molecule is C=CC(=O)N1CCC(Cn2ccc3ncnc(-c4cccc(Oc5ccccc5)c4)c32)CC1. The highest BCUT2D eigenvalue weighted by atomic mass is 16.5. The number of likely N-dealkylation sites (tertiary alicyclic amines) is 1. The molecule has 0 unspecified atom stereocenters. The maximum atomic E-state index is 11.9. The minimum atomic E-state index is 0.0214. The molecule has 5 rings (SSSR count). The molecule has 6 heteroatoms. The topological polar surface area (TPSA) is 60.2 Å². The largest absolute Gasteiger partial charge is 0.457 e. The van der Waals surface area contributed by atoms with Crippen molar-refractivity contribution in [1.82, 2.24) is 19.4 Å². The lowest BCUT2D eigenvalue weighted by Crippen LogP contribution is -2.38. The summed E-state index contributed by atoms with van der Waals surface area (Å²) >= 11 is 0. The van der Waals surface area contributed by atoms with Crippen molar-refractivity contribution >= 4 is 16.9 Å². The molecule has 0 spiro atoms. The number of fused-ring (bicyclic) bond motifs is 1. The van der Waals surface area contributed by atoms with E-state index in [0.29, 0.717) is 5.92 Å². The van der Waals surface area contributed by atoms with Gasteiger partial charge in [0, 0.05) is 31.4 Å². The molecular formula is C27H26N4O2. The monoisotopic (exact) mass is 438 g/mol. The summed E-state index contributed by atoms with van der Waals surface area (Å²) in [6, 6.07) is 19.8. The van der Waals surface area contributed by atoms with E-state index < -0.39 is 0 Å². The second kappa shape index (κ2) is 9.28. The van der Waals surface area contributed by atoms with Gasteiger partial charge in [-0.3, -0.25) is 4.79 Å². The summed E-state index contributed by atoms with van der Waals surface area (Å²) in [5, 5.41) is 0. The van der Waals surface area contributed by atoms with Crippen LogP contribution < -0.4 is 4.74 Å². The van der Waals surface area contributed by atoms with Gasteiger partial charge in [-0.2, -0.15) is 0 Å². The maximum absolute atomic E-state index is 11.9. The number of carbonyl (C=O) groups excluding carboxylic acids is 1. The summed E-state index contributed by atoms with van der Waals surface area (Å²) in [5.41, 5.74) is 3.83. The van der Waals surface area contributed by atoms with Crippen LogP contribution in [0.5, 0.6) is 11.5 Å². The first-order chi connectivity index (χ1) is 16.2. The van der Waals surface area contributed by atoms with E-state index in [2.05, 4.69) is 33.4 Å². The van der Waals surface area contributed by atoms with Crippen molar-refractivity contribution in [1.29, 1.82) is 0 Å². The van der Waals surface area contributed by atoms with Crippen LogP contribution in [0.15, 0.2) is 85.8 Å². The molecule has 0 radical (unpaired) electrons. The van der Waals surface area contributed by atoms with Gasteiger partial charge in [0.05, 0.1) is 16.7 Å². The third-order valence-electron chi connectivity index (χ3n) is 6.19. The van der Waals surface area contributed by atoms with Crippen molar-refractivity contribution in [3.63, 3.8) is 0 Å². The van der Waals surface area contributed by atoms with Gasteiger partial charge >= 0.3 is 0 Å². The first-order valence-electron chi connectivity index (χ1n) is 11.3. The van der Waals surface area contributed by atoms with Crippen LogP contribution in [-0.4, -0.2) is 38.4 Å². The fraction of sp³-hybridized carbons (Fsp3) is 0.222. The highest BCUT2D eigenvalue weighted by Gasteiger charge is 2.23. The Labute approximate surface area is 193 Å². The number of nitrogens with zero attached hydrogens (tertiary/aromatic N) is 4. The van der Waals surface area contributed by atoms with E-state index in [0.717, 1.165) is 66.3 Å². The van der Waals surface area contributed by atoms with Gasteiger partial charge in [0.15, 0.2) is 0 Å². The summed E-state index contributed by atoms with van der Waals surface area (Å²) in [6.45, 7) is 6.02. The predicted octanol–water partition coefficient (Wildman–Crippen LogP) is 5.32. The molecule has 2 aromatic heterocycles. The number of hydrogen-bond acceptors (Lipinski definition) is 4. The number of para-hydroxylation sites is 1. The van der Waals surface area contributed by atoms with Crippen LogP contribution in [0, 0.1) is 5.92 Å². The van der Waals surface area contributed by atoms with Crippen molar-refractivity contribution in [2.75, 3.05) is 13.1 Å². The fourth-order valence-electron chi connectivity index (χ4n) is 4.47. The summed E-state index contributed by atoms with van der Waals surface area (Å²) in [4.78, 5) is 22.9. The predicted molar refractivity (Wildman–Crippen MR) is 129 cm³/mol. The summed E-state index contributed by atoms with van der Waals surface area (Å²) in [6.07, 6.45) is 7.06. The molecule has 0 saturated carbocycles. The van der Waals surface area contributed by atoms with Gasteiger partial charge < -0.3 is 14.2 Å². The Morgan fingerprint density at radius 3 is 2.61 bits per heavy atom. The highest BCUT2D eigenvalue weighted by Crippen LogP contribution is 2.31. The van der Waals surface area contributed by atoms with Gasteiger partial charge in [0.2, 0.25) is 5.91 Å². The Balaban J connectivity index is 1.40. The van der Waals surface area contributed by atoms with E-state index in [1.165, 1.54) is 6.08 Å². The molecule has 1 aliphatic rings. The second-order valence-corrected chi connectivity index (χ2v) is 8.34. The fourth-order valence-corrected chi connectivity index (χ4v) is 4.47. The Bertz CT molecular complexity index is 1270. The van der Waals surface area contributed by atoms with Crippen molar-refractivity contribution < 1.29 is 9.53 Å². The normalized spacial score (nSPS) is 14.4. The molecule has 2 aromatic carbocycles. The number of amides is 1. The number of benzene rings is 2. The van der Waals surface area contributed by atoms with Crippen LogP contribution in [0.3, 0.4) is 0 Å². The van der Waals surface area contributed by atoms with Crippen molar-refractivity contribution in [3.8, 4) is 22.8 Å². The molecule has 6 nitrogen and oxygen atoms in total. The number of carbonyl (C=O) groups is 1. The van der Waals surface area contributed by atoms with Crippen molar-refractivity contribution in [2.24, 2.45) is 5.92 Å². The van der Waals surface area contributed by atoms with Crippen LogP contribution in [0.4, 0.5) is 0 Å². The minimum absolute atomic E-state index is 0.0214. The third-order valence-corrected chi connectivity index (χ3v) is 6.19.